The third-order valence-corrected chi connectivity index (χ3v) is 4.08. The second kappa shape index (κ2) is 6.44. The van der Waals surface area contributed by atoms with Gasteiger partial charge in [-0.15, -0.1) is 0 Å². The van der Waals surface area contributed by atoms with E-state index < -0.39 is 11.6 Å². The lowest BCUT2D eigenvalue weighted by Gasteiger charge is -2.07. The number of hydrogen-bond donors (Lipinski definition) is 2. The van der Waals surface area contributed by atoms with Crippen LogP contribution in [0.3, 0.4) is 0 Å². The Kier molecular flexibility index (Phi) is 4.08. The Morgan fingerprint density at radius 3 is 2.74 bits per heavy atom. The summed E-state index contributed by atoms with van der Waals surface area (Å²) in [5.74, 6) is 0.166. The Bertz CT molecular complexity index is 1140. The number of para-hydroxylation sites is 1. The van der Waals surface area contributed by atoms with Crippen molar-refractivity contribution in [3.8, 4) is 5.69 Å². The summed E-state index contributed by atoms with van der Waals surface area (Å²) in [6.45, 7) is 1.69. The molecular weight excluding hydrogens is 376 g/mol. The number of fused-ring (bicyclic) bond motifs is 1. The highest BCUT2D eigenvalue weighted by Gasteiger charge is 2.17. The van der Waals surface area contributed by atoms with Gasteiger partial charge >= 0.3 is 0 Å². The fourth-order valence-corrected chi connectivity index (χ4v) is 2.92. The quantitative estimate of drug-likeness (QED) is 0.555. The molecule has 0 atom stereocenters. The SMILES string of the molecule is Cc1nc(N)cc(Nc2ncc(F)c3nn(-c4c(F)cccc4Cl)cc23)n1. The van der Waals surface area contributed by atoms with E-state index in [1.54, 1.807) is 6.92 Å². The zero-order valence-corrected chi connectivity index (χ0v) is 14.7. The van der Waals surface area contributed by atoms with Crippen molar-refractivity contribution in [2.75, 3.05) is 11.1 Å². The van der Waals surface area contributed by atoms with Crippen LogP contribution >= 0.6 is 11.6 Å². The molecule has 1 aromatic carbocycles. The first-order valence-electron chi connectivity index (χ1n) is 7.79. The number of benzene rings is 1. The van der Waals surface area contributed by atoms with E-state index in [4.69, 9.17) is 17.3 Å². The zero-order valence-electron chi connectivity index (χ0n) is 13.9. The standard InChI is InChI=1S/C17H12ClF2N7/c1-8-23-13(21)5-14(24-8)25-17-9-7-27(26-15(9)12(20)6-22-17)16-10(18)3-2-4-11(16)19/h2-7H,1H3,(H3,21,22,23,24,25). The second-order valence-corrected chi connectivity index (χ2v) is 6.12. The number of nitrogen functional groups attached to an aromatic ring is 1. The van der Waals surface area contributed by atoms with Crippen LogP contribution in [0, 0.1) is 18.6 Å². The molecule has 136 valence electrons. The predicted octanol–water partition coefficient (Wildman–Crippen LogP) is 3.78. The maximum atomic E-state index is 14.2. The van der Waals surface area contributed by atoms with Gasteiger partial charge in [-0.25, -0.2) is 28.4 Å². The van der Waals surface area contributed by atoms with Crippen LogP contribution in [-0.2, 0) is 0 Å². The number of anilines is 3. The van der Waals surface area contributed by atoms with Gasteiger partial charge in [0, 0.05) is 12.3 Å². The van der Waals surface area contributed by atoms with Gasteiger partial charge in [0.05, 0.1) is 16.6 Å². The summed E-state index contributed by atoms with van der Waals surface area (Å²) in [6.07, 6.45) is 2.46. The molecule has 0 amide bonds. The number of aromatic nitrogens is 5. The Morgan fingerprint density at radius 2 is 2.00 bits per heavy atom. The highest BCUT2D eigenvalue weighted by atomic mass is 35.5. The van der Waals surface area contributed by atoms with E-state index in [1.165, 1.54) is 35.1 Å². The van der Waals surface area contributed by atoms with Crippen LogP contribution < -0.4 is 11.1 Å². The lowest BCUT2D eigenvalue weighted by Crippen LogP contribution is -2.02. The predicted molar refractivity (Wildman–Crippen MR) is 98.3 cm³/mol. The average molecular weight is 388 g/mol. The molecule has 0 aliphatic rings. The molecule has 27 heavy (non-hydrogen) atoms. The number of pyridine rings is 1. The molecule has 0 spiro atoms. The van der Waals surface area contributed by atoms with Gasteiger partial charge in [-0.05, 0) is 19.1 Å². The van der Waals surface area contributed by atoms with Crippen molar-refractivity contribution in [1.29, 1.82) is 0 Å². The van der Waals surface area contributed by atoms with E-state index in [0.717, 1.165) is 6.20 Å². The molecule has 0 bridgehead atoms. The highest BCUT2D eigenvalue weighted by molar-refractivity contribution is 6.32. The third-order valence-electron chi connectivity index (χ3n) is 3.77. The fraction of sp³-hybridized carbons (Fsp3) is 0.0588. The molecule has 3 aromatic heterocycles. The second-order valence-electron chi connectivity index (χ2n) is 5.71. The molecule has 0 saturated heterocycles. The number of hydrogen-bond acceptors (Lipinski definition) is 6. The maximum absolute atomic E-state index is 14.2. The molecule has 0 unspecified atom stereocenters. The summed E-state index contributed by atoms with van der Waals surface area (Å²) in [4.78, 5) is 12.2. The van der Waals surface area contributed by atoms with Crippen molar-refractivity contribution in [1.82, 2.24) is 24.7 Å². The fourth-order valence-electron chi connectivity index (χ4n) is 2.67. The lowest BCUT2D eigenvalue weighted by molar-refractivity contribution is 0.608. The van der Waals surface area contributed by atoms with Gasteiger partial charge in [-0.3, -0.25) is 0 Å². The van der Waals surface area contributed by atoms with Crippen LogP contribution in [0.2, 0.25) is 5.02 Å². The van der Waals surface area contributed by atoms with Crippen LogP contribution in [0.25, 0.3) is 16.6 Å². The molecule has 7 nitrogen and oxygen atoms in total. The number of nitrogens with zero attached hydrogens (tertiary/aromatic N) is 5. The van der Waals surface area contributed by atoms with Gasteiger partial charge in [0.25, 0.3) is 0 Å². The summed E-state index contributed by atoms with van der Waals surface area (Å²) in [5, 5.41) is 7.55. The minimum atomic E-state index is -0.653. The topological polar surface area (TPSA) is 94.5 Å². The Balaban J connectivity index is 1.86. The van der Waals surface area contributed by atoms with Crippen molar-refractivity contribution < 1.29 is 8.78 Å². The van der Waals surface area contributed by atoms with E-state index in [-0.39, 0.29) is 27.9 Å². The molecule has 3 N–H and O–H groups in total. The molecule has 0 aliphatic heterocycles. The lowest BCUT2D eigenvalue weighted by atomic mass is 10.3. The van der Waals surface area contributed by atoms with Crippen LogP contribution in [0.1, 0.15) is 5.82 Å². The van der Waals surface area contributed by atoms with Gasteiger partial charge in [-0.2, -0.15) is 5.10 Å². The first-order chi connectivity index (χ1) is 12.9. The normalized spacial score (nSPS) is 11.1. The van der Waals surface area contributed by atoms with E-state index in [9.17, 15) is 8.78 Å². The van der Waals surface area contributed by atoms with Crippen LogP contribution in [-0.4, -0.2) is 24.7 Å². The summed E-state index contributed by atoms with van der Waals surface area (Å²) in [5.41, 5.74) is 5.74. The first-order valence-corrected chi connectivity index (χ1v) is 8.16. The van der Waals surface area contributed by atoms with Crippen molar-refractivity contribution in [3.63, 3.8) is 0 Å². The molecule has 4 rings (SSSR count). The smallest absolute Gasteiger partial charge is 0.169 e. The van der Waals surface area contributed by atoms with E-state index in [1.807, 2.05) is 0 Å². The molecule has 4 aromatic rings. The van der Waals surface area contributed by atoms with Gasteiger partial charge in [-0.1, -0.05) is 17.7 Å². The molecule has 0 radical (unpaired) electrons. The number of rotatable bonds is 3. The largest absolute Gasteiger partial charge is 0.384 e. The number of nitrogens with two attached hydrogens (primary N) is 1. The number of nitrogens with one attached hydrogen (secondary N) is 1. The van der Waals surface area contributed by atoms with Crippen LogP contribution in [0.4, 0.5) is 26.2 Å². The Morgan fingerprint density at radius 1 is 1.19 bits per heavy atom. The van der Waals surface area contributed by atoms with Crippen molar-refractivity contribution in [3.05, 3.63) is 59.1 Å². The van der Waals surface area contributed by atoms with Crippen molar-refractivity contribution in [2.24, 2.45) is 0 Å². The Hall–Kier alpha value is -3.33. The average Bonchev–Trinajstić information content (AvgIpc) is 3.02. The van der Waals surface area contributed by atoms with Crippen molar-refractivity contribution in [2.45, 2.75) is 6.92 Å². The van der Waals surface area contributed by atoms with Gasteiger partial charge in [0.15, 0.2) is 5.82 Å². The molecule has 3 heterocycles. The van der Waals surface area contributed by atoms with Crippen LogP contribution in [0.5, 0.6) is 0 Å². The maximum Gasteiger partial charge on any atom is 0.169 e. The summed E-state index contributed by atoms with van der Waals surface area (Å²) < 4.78 is 29.6. The minimum absolute atomic E-state index is 0.00516. The Labute approximate surface area is 156 Å². The van der Waals surface area contributed by atoms with Gasteiger partial charge in [0.2, 0.25) is 0 Å². The van der Waals surface area contributed by atoms with E-state index >= 15 is 0 Å². The first kappa shape index (κ1) is 17.1. The summed E-state index contributed by atoms with van der Waals surface area (Å²) >= 11 is 6.08. The molecule has 0 fully saturated rings. The monoisotopic (exact) mass is 387 g/mol. The minimum Gasteiger partial charge on any atom is -0.384 e. The summed E-state index contributed by atoms with van der Waals surface area (Å²) in [7, 11) is 0. The molecule has 0 aliphatic carbocycles. The number of aryl methyl sites for hydroxylation is 1. The molecule has 0 saturated carbocycles. The van der Waals surface area contributed by atoms with Gasteiger partial charge < -0.3 is 11.1 Å². The third kappa shape index (κ3) is 3.13. The van der Waals surface area contributed by atoms with E-state index in [0.29, 0.717) is 17.0 Å². The van der Waals surface area contributed by atoms with E-state index in [2.05, 4.69) is 25.4 Å². The van der Waals surface area contributed by atoms with Gasteiger partial charge in [0.1, 0.15) is 40.3 Å². The molecular formula is C17H12ClF2N7. The van der Waals surface area contributed by atoms with Crippen LogP contribution in [0.15, 0.2) is 36.7 Å². The highest BCUT2D eigenvalue weighted by Crippen LogP contribution is 2.29. The summed E-state index contributed by atoms with van der Waals surface area (Å²) in [6, 6.07) is 5.75. The molecule has 10 heteroatoms. The van der Waals surface area contributed by atoms with Crippen molar-refractivity contribution >= 4 is 40.0 Å². The number of halogens is 3. The zero-order chi connectivity index (χ0) is 19.1.